The Hall–Kier alpha value is -2.35. The molecule has 0 aromatic heterocycles. The maximum absolute atomic E-state index is 12.3. The standard InChI is InChI=1S/C17H14O2/c18-17(19-14-9-2-1-3-10-14)16-12-6-8-13-7-4-5-11-15(13)16/h1-11,16H,12H2. The van der Waals surface area contributed by atoms with Gasteiger partial charge in [-0.2, -0.15) is 0 Å². The molecule has 1 atom stereocenters. The molecule has 0 fully saturated rings. The third-order valence-electron chi connectivity index (χ3n) is 3.29. The van der Waals surface area contributed by atoms with Crippen molar-refractivity contribution in [2.24, 2.45) is 0 Å². The molecule has 1 unspecified atom stereocenters. The topological polar surface area (TPSA) is 26.3 Å². The molecule has 0 spiro atoms. The minimum absolute atomic E-state index is 0.192. The van der Waals surface area contributed by atoms with Crippen LogP contribution in [0, 0.1) is 0 Å². The Morgan fingerprint density at radius 3 is 2.58 bits per heavy atom. The molecule has 2 nitrogen and oxygen atoms in total. The number of ether oxygens (including phenoxy) is 1. The van der Waals surface area contributed by atoms with Crippen LogP contribution in [-0.4, -0.2) is 5.97 Å². The molecule has 1 aliphatic carbocycles. The van der Waals surface area contributed by atoms with Gasteiger partial charge in [0.25, 0.3) is 0 Å². The zero-order valence-corrected chi connectivity index (χ0v) is 10.5. The highest BCUT2D eigenvalue weighted by Crippen LogP contribution is 2.30. The first-order valence-corrected chi connectivity index (χ1v) is 6.37. The maximum atomic E-state index is 12.3. The number of benzene rings is 2. The van der Waals surface area contributed by atoms with Crippen LogP contribution in [-0.2, 0) is 4.79 Å². The highest BCUT2D eigenvalue weighted by Gasteiger charge is 2.25. The van der Waals surface area contributed by atoms with Gasteiger partial charge in [0.2, 0.25) is 0 Å². The van der Waals surface area contributed by atoms with Gasteiger partial charge in [-0.05, 0) is 29.7 Å². The van der Waals surface area contributed by atoms with E-state index in [0.29, 0.717) is 12.2 Å². The molecule has 2 heteroatoms. The normalized spacial score (nSPS) is 16.7. The fourth-order valence-electron chi connectivity index (χ4n) is 2.34. The summed E-state index contributed by atoms with van der Waals surface area (Å²) >= 11 is 0. The Balaban J connectivity index is 1.83. The zero-order valence-electron chi connectivity index (χ0n) is 10.5. The van der Waals surface area contributed by atoms with Crippen LogP contribution in [0.2, 0.25) is 0 Å². The van der Waals surface area contributed by atoms with Crippen LogP contribution in [0.25, 0.3) is 6.08 Å². The highest BCUT2D eigenvalue weighted by molar-refractivity contribution is 5.83. The summed E-state index contributed by atoms with van der Waals surface area (Å²) in [5.74, 6) is 0.198. The second kappa shape index (κ2) is 5.11. The van der Waals surface area contributed by atoms with E-state index >= 15 is 0 Å². The Bertz CT molecular complexity index is 614. The van der Waals surface area contributed by atoms with Gasteiger partial charge in [-0.25, -0.2) is 0 Å². The molecular formula is C17H14O2. The van der Waals surface area contributed by atoms with Gasteiger partial charge in [0.1, 0.15) is 5.75 Å². The van der Waals surface area contributed by atoms with Crippen LogP contribution >= 0.6 is 0 Å². The first-order chi connectivity index (χ1) is 9.34. The molecule has 3 rings (SSSR count). The molecule has 94 valence electrons. The van der Waals surface area contributed by atoms with Gasteiger partial charge in [0.15, 0.2) is 0 Å². The second-order valence-electron chi connectivity index (χ2n) is 4.55. The van der Waals surface area contributed by atoms with E-state index in [9.17, 15) is 4.79 Å². The smallest absolute Gasteiger partial charge is 0.319 e. The van der Waals surface area contributed by atoms with E-state index in [1.54, 1.807) is 12.1 Å². The third-order valence-corrected chi connectivity index (χ3v) is 3.29. The summed E-state index contributed by atoms with van der Waals surface area (Å²) in [6.45, 7) is 0. The van der Waals surface area contributed by atoms with Crippen molar-refractivity contribution in [3.63, 3.8) is 0 Å². The van der Waals surface area contributed by atoms with Crippen molar-refractivity contribution in [3.8, 4) is 5.75 Å². The average Bonchev–Trinajstić information content (AvgIpc) is 2.47. The summed E-state index contributed by atoms with van der Waals surface area (Å²) in [5.41, 5.74) is 2.15. The monoisotopic (exact) mass is 250 g/mol. The molecule has 2 aromatic rings. The third kappa shape index (κ3) is 2.43. The van der Waals surface area contributed by atoms with Gasteiger partial charge in [-0.1, -0.05) is 54.6 Å². The van der Waals surface area contributed by atoms with Gasteiger partial charge >= 0.3 is 5.97 Å². The number of para-hydroxylation sites is 1. The summed E-state index contributed by atoms with van der Waals surface area (Å²) in [4.78, 5) is 12.3. The largest absolute Gasteiger partial charge is 0.426 e. The maximum Gasteiger partial charge on any atom is 0.319 e. The molecule has 0 heterocycles. The number of carbonyl (C=O) groups is 1. The Morgan fingerprint density at radius 1 is 1.00 bits per heavy atom. The molecule has 0 bridgehead atoms. The Morgan fingerprint density at radius 2 is 1.74 bits per heavy atom. The van der Waals surface area contributed by atoms with Gasteiger partial charge in [-0.3, -0.25) is 4.79 Å². The predicted octanol–water partition coefficient (Wildman–Crippen LogP) is 3.79. The van der Waals surface area contributed by atoms with Crippen LogP contribution in [0.15, 0.2) is 60.7 Å². The fraction of sp³-hybridized carbons (Fsp3) is 0.118. The molecule has 0 N–H and O–H groups in total. The second-order valence-corrected chi connectivity index (χ2v) is 4.55. The number of allylic oxidation sites excluding steroid dienone is 1. The van der Waals surface area contributed by atoms with Crippen molar-refractivity contribution in [1.29, 1.82) is 0 Å². The van der Waals surface area contributed by atoms with Crippen molar-refractivity contribution in [1.82, 2.24) is 0 Å². The summed E-state index contributed by atoms with van der Waals surface area (Å²) < 4.78 is 5.44. The lowest BCUT2D eigenvalue weighted by atomic mass is 9.87. The lowest BCUT2D eigenvalue weighted by Gasteiger charge is -2.20. The summed E-state index contributed by atoms with van der Waals surface area (Å²) in [6.07, 6.45) is 4.78. The summed E-state index contributed by atoms with van der Waals surface area (Å²) in [6, 6.07) is 17.2. The molecule has 1 aliphatic rings. The van der Waals surface area contributed by atoms with Gasteiger partial charge in [0, 0.05) is 0 Å². The average molecular weight is 250 g/mol. The molecule has 0 saturated carbocycles. The van der Waals surface area contributed by atoms with Crippen molar-refractivity contribution in [2.75, 3.05) is 0 Å². The molecule has 2 aromatic carbocycles. The molecule has 0 amide bonds. The lowest BCUT2D eigenvalue weighted by Crippen LogP contribution is -2.20. The van der Waals surface area contributed by atoms with E-state index in [1.165, 1.54) is 0 Å². The minimum Gasteiger partial charge on any atom is -0.426 e. The summed E-state index contributed by atoms with van der Waals surface area (Å²) in [5, 5.41) is 0. The van der Waals surface area contributed by atoms with Gasteiger partial charge in [-0.15, -0.1) is 0 Å². The summed E-state index contributed by atoms with van der Waals surface area (Å²) in [7, 11) is 0. The van der Waals surface area contributed by atoms with E-state index < -0.39 is 0 Å². The van der Waals surface area contributed by atoms with Crippen molar-refractivity contribution in [2.45, 2.75) is 12.3 Å². The van der Waals surface area contributed by atoms with E-state index in [1.807, 2.05) is 48.5 Å². The quantitative estimate of drug-likeness (QED) is 0.598. The van der Waals surface area contributed by atoms with Crippen molar-refractivity contribution < 1.29 is 9.53 Å². The number of carbonyl (C=O) groups excluding carboxylic acids is 1. The van der Waals surface area contributed by atoms with Crippen LogP contribution in [0.5, 0.6) is 5.75 Å². The molecule has 19 heavy (non-hydrogen) atoms. The first kappa shape index (κ1) is 11.7. The Kier molecular flexibility index (Phi) is 3.15. The lowest BCUT2D eigenvalue weighted by molar-refractivity contribution is -0.136. The van der Waals surface area contributed by atoms with Gasteiger partial charge < -0.3 is 4.74 Å². The fourth-order valence-corrected chi connectivity index (χ4v) is 2.34. The first-order valence-electron chi connectivity index (χ1n) is 6.37. The number of hydrogen-bond donors (Lipinski definition) is 0. The van der Waals surface area contributed by atoms with E-state index in [4.69, 9.17) is 4.74 Å². The van der Waals surface area contributed by atoms with Crippen LogP contribution in [0.3, 0.4) is 0 Å². The Labute approximate surface area is 112 Å². The van der Waals surface area contributed by atoms with Gasteiger partial charge in [0.05, 0.1) is 5.92 Å². The molecule has 0 aliphatic heterocycles. The number of fused-ring (bicyclic) bond motifs is 1. The van der Waals surface area contributed by atoms with Crippen molar-refractivity contribution >= 4 is 12.0 Å². The van der Waals surface area contributed by atoms with E-state index in [-0.39, 0.29) is 11.9 Å². The van der Waals surface area contributed by atoms with E-state index in [2.05, 4.69) is 6.08 Å². The van der Waals surface area contributed by atoms with E-state index in [0.717, 1.165) is 11.1 Å². The molecule has 0 radical (unpaired) electrons. The predicted molar refractivity (Wildman–Crippen MR) is 74.9 cm³/mol. The van der Waals surface area contributed by atoms with Crippen LogP contribution < -0.4 is 4.74 Å². The number of rotatable bonds is 2. The minimum atomic E-state index is -0.207. The SMILES string of the molecule is O=C(Oc1ccccc1)C1CC=Cc2ccccc21. The molecule has 0 saturated heterocycles. The number of esters is 1. The van der Waals surface area contributed by atoms with Crippen LogP contribution in [0.1, 0.15) is 23.5 Å². The zero-order chi connectivity index (χ0) is 13.1. The number of hydrogen-bond acceptors (Lipinski definition) is 2. The van der Waals surface area contributed by atoms with Crippen LogP contribution in [0.4, 0.5) is 0 Å². The highest BCUT2D eigenvalue weighted by atomic mass is 16.5. The molecular weight excluding hydrogens is 236 g/mol. The van der Waals surface area contributed by atoms with Crippen molar-refractivity contribution in [3.05, 3.63) is 71.8 Å².